The Kier molecular flexibility index (Phi) is 5.57. The fourth-order valence-corrected chi connectivity index (χ4v) is 4.82. The maximum Gasteiger partial charge on any atom is 0.240 e. The van der Waals surface area contributed by atoms with E-state index in [0.29, 0.717) is 19.4 Å². The summed E-state index contributed by atoms with van der Waals surface area (Å²) in [6, 6.07) is 6.77. The molecule has 1 atom stereocenters. The molecule has 1 saturated carbocycles. The summed E-state index contributed by atoms with van der Waals surface area (Å²) in [7, 11) is 0. The van der Waals surface area contributed by atoms with Gasteiger partial charge in [-0.2, -0.15) is 5.26 Å². The highest BCUT2D eigenvalue weighted by Crippen LogP contribution is 2.38. The number of nitriles is 1. The molecule has 0 bridgehead atoms. The molecular weight excluding hydrogens is 318 g/mol. The van der Waals surface area contributed by atoms with Crippen molar-refractivity contribution in [3.05, 3.63) is 22.4 Å². The third-order valence-corrected chi connectivity index (χ3v) is 6.67. The molecule has 1 aromatic heterocycles. The van der Waals surface area contributed by atoms with Gasteiger partial charge in [0.05, 0.1) is 12.1 Å². The molecule has 24 heavy (non-hydrogen) atoms. The number of carbonyl (C=O) groups excluding carboxylic acids is 1. The number of thiophene rings is 1. The molecule has 130 valence electrons. The van der Waals surface area contributed by atoms with Crippen molar-refractivity contribution in [2.75, 3.05) is 19.6 Å². The molecule has 1 unspecified atom stereocenters. The molecule has 0 spiro atoms. The highest BCUT2D eigenvalue weighted by molar-refractivity contribution is 7.10. The third-order valence-electron chi connectivity index (χ3n) is 5.69. The standard InChI is InChI=1S/C19H27N3OS/c1-15-6-10-22(11-7-15)16(17-5-4-12-24-17)13-21-18(23)19(14-20)8-2-3-9-19/h4-5,12,15-16H,2-3,6-11,13H2,1H3,(H,21,23). The molecular formula is C19H27N3OS. The van der Waals surface area contributed by atoms with Crippen LogP contribution < -0.4 is 5.32 Å². The second-order valence-electron chi connectivity index (χ2n) is 7.36. The minimum Gasteiger partial charge on any atom is -0.353 e. The minimum absolute atomic E-state index is 0.0607. The summed E-state index contributed by atoms with van der Waals surface area (Å²) < 4.78 is 0. The number of hydrogen-bond donors (Lipinski definition) is 1. The highest BCUT2D eigenvalue weighted by atomic mass is 32.1. The van der Waals surface area contributed by atoms with Gasteiger partial charge < -0.3 is 5.32 Å². The van der Waals surface area contributed by atoms with Gasteiger partial charge in [-0.15, -0.1) is 11.3 Å². The summed E-state index contributed by atoms with van der Waals surface area (Å²) in [6.07, 6.45) is 5.83. The van der Waals surface area contributed by atoms with E-state index in [1.54, 1.807) is 11.3 Å². The second-order valence-corrected chi connectivity index (χ2v) is 8.34. The summed E-state index contributed by atoms with van der Waals surface area (Å²) in [5.41, 5.74) is -0.781. The summed E-state index contributed by atoms with van der Waals surface area (Å²) in [6.45, 7) is 5.10. The fourth-order valence-electron chi connectivity index (χ4n) is 3.96. The van der Waals surface area contributed by atoms with Crippen LogP contribution in [-0.2, 0) is 4.79 Å². The Labute approximate surface area is 148 Å². The first-order valence-electron chi connectivity index (χ1n) is 9.11. The molecule has 0 aromatic carbocycles. The number of piperidine rings is 1. The average molecular weight is 346 g/mol. The molecule has 2 heterocycles. The van der Waals surface area contributed by atoms with Crippen molar-refractivity contribution in [2.45, 2.75) is 51.5 Å². The van der Waals surface area contributed by atoms with E-state index in [2.05, 4.69) is 40.7 Å². The van der Waals surface area contributed by atoms with Gasteiger partial charge in [0.15, 0.2) is 0 Å². The van der Waals surface area contributed by atoms with E-state index in [1.807, 2.05) is 0 Å². The van der Waals surface area contributed by atoms with E-state index in [0.717, 1.165) is 31.8 Å². The molecule has 0 radical (unpaired) electrons. The molecule has 3 rings (SSSR count). The first-order valence-corrected chi connectivity index (χ1v) is 9.99. The Bertz CT molecular complexity index is 578. The molecule has 4 nitrogen and oxygen atoms in total. The average Bonchev–Trinajstić information content (AvgIpc) is 3.29. The lowest BCUT2D eigenvalue weighted by Gasteiger charge is -2.36. The Hall–Kier alpha value is -1.38. The molecule has 1 aliphatic heterocycles. The van der Waals surface area contributed by atoms with Gasteiger partial charge in [-0.25, -0.2) is 0 Å². The van der Waals surface area contributed by atoms with Gasteiger partial charge >= 0.3 is 0 Å². The number of nitrogens with one attached hydrogen (secondary N) is 1. The fraction of sp³-hybridized carbons (Fsp3) is 0.684. The Morgan fingerprint density at radius 2 is 2.17 bits per heavy atom. The van der Waals surface area contributed by atoms with Gasteiger partial charge in [-0.05, 0) is 56.1 Å². The number of likely N-dealkylation sites (tertiary alicyclic amines) is 1. The predicted molar refractivity (Wildman–Crippen MR) is 96.6 cm³/mol. The molecule has 1 aliphatic carbocycles. The van der Waals surface area contributed by atoms with Crippen LogP contribution in [0.15, 0.2) is 17.5 Å². The largest absolute Gasteiger partial charge is 0.353 e. The van der Waals surface area contributed by atoms with Crippen LogP contribution in [0, 0.1) is 22.7 Å². The van der Waals surface area contributed by atoms with Crippen LogP contribution in [0.5, 0.6) is 0 Å². The normalized spacial score (nSPS) is 22.8. The Morgan fingerprint density at radius 1 is 1.46 bits per heavy atom. The van der Waals surface area contributed by atoms with E-state index in [1.165, 1.54) is 17.7 Å². The third kappa shape index (κ3) is 3.65. The maximum atomic E-state index is 12.7. The van der Waals surface area contributed by atoms with Crippen molar-refractivity contribution in [1.82, 2.24) is 10.2 Å². The van der Waals surface area contributed by atoms with E-state index in [9.17, 15) is 10.1 Å². The van der Waals surface area contributed by atoms with Crippen LogP contribution in [0.25, 0.3) is 0 Å². The lowest BCUT2D eigenvalue weighted by molar-refractivity contribution is -0.128. The van der Waals surface area contributed by atoms with Crippen molar-refractivity contribution >= 4 is 17.2 Å². The number of nitrogens with zero attached hydrogens (tertiary/aromatic N) is 2. The maximum absolute atomic E-state index is 12.7. The van der Waals surface area contributed by atoms with Gasteiger partial charge in [0.2, 0.25) is 5.91 Å². The number of amides is 1. The van der Waals surface area contributed by atoms with Crippen molar-refractivity contribution in [3.63, 3.8) is 0 Å². The lowest BCUT2D eigenvalue weighted by atomic mass is 9.87. The van der Waals surface area contributed by atoms with Crippen LogP contribution in [0.4, 0.5) is 0 Å². The summed E-state index contributed by atoms with van der Waals surface area (Å²) in [5.74, 6) is 0.731. The SMILES string of the molecule is CC1CCN(C(CNC(=O)C2(C#N)CCCC2)c2cccs2)CC1. The van der Waals surface area contributed by atoms with Crippen LogP contribution in [0.1, 0.15) is 56.4 Å². The molecule has 1 amide bonds. The van der Waals surface area contributed by atoms with Crippen LogP contribution in [0.2, 0.25) is 0 Å². The molecule has 2 fully saturated rings. The molecule has 1 N–H and O–H groups in total. The second kappa shape index (κ2) is 7.67. The zero-order valence-corrected chi connectivity index (χ0v) is 15.3. The first-order chi connectivity index (χ1) is 11.6. The number of hydrogen-bond acceptors (Lipinski definition) is 4. The molecule has 1 aromatic rings. The summed E-state index contributed by atoms with van der Waals surface area (Å²) in [5, 5.41) is 14.7. The van der Waals surface area contributed by atoms with Gasteiger partial charge in [0, 0.05) is 11.4 Å². The Balaban J connectivity index is 1.66. The van der Waals surface area contributed by atoms with Gasteiger partial charge in [0.1, 0.15) is 5.41 Å². The van der Waals surface area contributed by atoms with Crippen LogP contribution in [0.3, 0.4) is 0 Å². The number of rotatable bonds is 5. The summed E-state index contributed by atoms with van der Waals surface area (Å²) >= 11 is 1.76. The van der Waals surface area contributed by atoms with Crippen LogP contribution in [-0.4, -0.2) is 30.4 Å². The topological polar surface area (TPSA) is 56.1 Å². The van der Waals surface area contributed by atoms with Gasteiger partial charge in [-0.1, -0.05) is 25.8 Å². The highest BCUT2D eigenvalue weighted by Gasteiger charge is 2.41. The van der Waals surface area contributed by atoms with Crippen molar-refractivity contribution < 1.29 is 4.79 Å². The lowest BCUT2D eigenvalue weighted by Crippen LogP contribution is -2.45. The molecule has 5 heteroatoms. The van der Waals surface area contributed by atoms with Gasteiger partial charge in [-0.3, -0.25) is 9.69 Å². The number of carbonyl (C=O) groups is 1. The zero-order valence-electron chi connectivity index (χ0n) is 14.5. The first kappa shape index (κ1) is 17.4. The minimum atomic E-state index is -0.781. The van der Waals surface area contributed by atoms with E-state index in [-0.39, 0.29) is 11.9 Å². The van der Waals surface area contributed by atoms with E-state index in [4.69, 9.17) is 0 Å². The van der Waals surface area contributed by atoms with Crippen molar-refractivity contribution in [2.24, 2.45) is 11.3 Å². The van der Waals surface area contributed by atoms with Crippen LogP contribution >= 0.6 is 11.3 Å². The molecule has 1 saturated heterocycles. The molecule has 2 aliphatic rings. The van der Waals surface area contributed by atoms with E-state index >= 15 is 0 Å². The monoisotopic (exact) mass is 345 g/mol. The Morgan fingerprint density at radius 3 is 2.75 bits per heavy atom. The van der Waals surface area contributed by atoms with Gasteiger partial charge in [0.25, 0.3) is 0 Å². The van der Waals surface area contributed by atoms with E-state index < -0.39 is 5.41 Å². The summed E-state index contributed by atoms with van der Waals surface area (Å²) in [4.78, 5) is 16.5. The zero-order chi connectivity index (χ0) is 17.0. The smallest absolute Gasteiger partial charge is 0.240 e. The van der Waals surface area contributed by atoms with Crippen molar-refractivity contribution in [1.29, 1.82) is 5.26 Å². The predicted octanol–water partition coefficient (Wildman–Crippen LogP) is 3.72. The van der Waals surface area contributed by atoms with Crippen molar-refractivity contribution in [3.8, 4) is 6.07 Å². The quantitative estimate of drug-likeness (QED) is 0.885.